The summed E-state index contributed by atoms with van der Waals surface area (Å²) >= 11 is 0. The van der Waals surface area contributed by atoms with Crippen molar-refractivity contribution in [1.29, 1.82) is 0 Å². The van der Waals surface area contributed by atoms with Gasteiger partial charge in [-0.2, -0.15) is 0 Å². The number of benzene rings is 2. The molecule has 1 aromatic heterocycles. The van der Waals surface area contributed by atoms with Gasteiger partial charge in [-0.1, -0.05) is 18.2 Å². The highest BCUT2D eigenvalue weighted by Crippen LogP contribution is 2.23. The fourth-order valence-corrected chi connectivity index (χ4v) is 2.76. The smallest absolute Gasteiger partial charge is 0.340 e. The maximum atomic E-state index is 13.7. The normalized spacial score (nSPS) is 10.7. The van der Waals surface area contributed by atoms with E-state index in [0.29, 0.717) is 11.3 Å². The van der Waals surface area contributed by atoms with Crippen LogP contribution in [0.25, 0.3) is 10.9 Å². The molecule has 0 bridgehead atoms. The Morgan fingerprint density at radius 1 is 1.16 bits per heavy atom. The predicted octanol–water partition coefficient (Wildman–Crippen LogP) is 3.84. The van der Waals surface area contributed by atoms with Crippen molar-refractivity contribution >= 4 is 28.5 Å². The molecule has 3 rings (SSSR count). The van der Waals surface area contributed by atoms with Gasteiger partial charge in [0, 0.05) is 29.3 Å². The summed E-state index contributed by atoms with van der Waals surface area (Å²) in [4.78, 5) is 24.2. The van der Waals surface area contributed by atoms with Crippen LogP contribution in [0, 0.1) is 5.82 Å². The minimum absolute atomic E-state index is 0.226. The molecule has 25 heavy (non-hydrogen) atoms. The Kier molecular flexibility index (Phi) is 4.52. The molecule has 0 aliphatic carbocycles. The Labute approximate surface area is 144 Å². The number of nitrogens with one attached hydrogen (secondary N) is 1. The summed E-state index contributed by atoms with van der Waals surface area (Å²) in [7, 11) is 1.17. The van der Waals surface area contributed by atoms with Gasteiger partial charge in [0.2, 0.25) is 0 Å². The third-order valence-electron chi connectivity index (χ3n) is 4.00. The van der Waals surface area contributed by atoms with E-state index in [1.54, 1.807) is 6.20 Å². The van der Waals surface area contributed by atoms with E-state index < -0.39 is 11.8 Å². The fraction of sp³-hybridized carbons (Fsp3) is 0.158. The first kappa shape index (κ1) is 16.7. The second-order valence-electron chi connectivity index (χ2n) is 5.49. The molecule has 0 aliphatic rings. The van der Waals surface area contributed by atoms with Gasteiger partial charge in [-0.25, -0.2) is 9.18 Å². The van der Waals surface area contributed by atoms with Gasteiger partial charge in [0.1, 0.15) is 5.82 Å². The molecule has 0 saturated carbocycles. The van der Waals surface area contributed by atoms with Gasteiger partial charge in [-0.05, 0) is 31.2 Å². The number of halogens is 1. The first-order chi connectivity index (χ1) is 12.0. The number of hydrogen-bond donors (Lipinski definition) is 1. The molecule has 128 valence electrons. The molecular formula is C19H17FN2O3. The van der Waals surface area contributed by atoms with Crippen molar-refractivity contribution in [2.24, 2.45) is 0 Å². The van der Waals surface area contributed by atoms with Crippen LogP contribution in [0.5, 0.6) is 0 Å². The molecule has 0 radical (unpaired) electrons. The molecule has 1 amide bonds. The second kappa shape index (κ2) is 6.76. The van der Waals surface area contributed by atoms with Gasteiger partial charge in [-0.15, -0.1) is 0 Å². The van der Waals surface area contributed by atoms with Crippen LogP contribution in [-0.2, 0) is 11.3 Å². The number of carbonyl (C=O) groups excluding carboxylic acids is 2. The highest BCUT2D eigenvalue weighted by Gasteiger charge is 2.17. The summed E-state index contributed by atoms with van der Waals surface area (Å²) in [6.07, 6.45) is 1.78. The molecule has 1 heterocycles. The highest BCUT2D eigenvalue weighted by molar-refractivity contribution is 6.13. The quantitative estimate of drug-likeness (QED) is 0.734. The summed E-state index contributed by atoms with van der Waals surface area (Å²) in [5.41, 5.74) is 1.57. The lowest BCUT2D eigenvalue weighted by Gasteiger charge is -2.07. The molecular weight excluding hydrogens is 323 g/mol. The lowest BCUT2D eigenvalue weighted by molar-refractivity contribution is 0.0595. The van der Waals surface area contributed by atoms with E-state index in [4.69, 9.17) is 0 Å². The zero-order valence-electron chi connectivity index (χ0n) is 13.9. The van der Waals surface area contributed by atoms with E-state index in [-0.39, 0.29) is 11.5 Å². The van der Waals surface area contributed by atoms with Crippen LogP contribution >= 0.6 is 0 Å². The molecule has 5 nitrogen and oxygen atoms in total. The first-order valence-corrected chi connectivity index (χ1v) is 7.82. The van der Waals surface area contributed by atoms with Crippen molar-refractivity contribution < 1.29 is 18.7 Å². The van der Waals surface area contributed by atoms with Crippen LogP contribution in [0.2, 0.25) is 0 Å². The number of para-hydroxylation sites is 1. The summed E-state index contributed by atoms with van der Waals surface area (Å²) in [6.45, 7) is 2.73. The maximum Gasteiger partial charge on any atom is 0.340 e. The number of ether oxygens (including phenoxy) is 1. The van der Waals surface area contributed by atoms with Gasteiger partial charge in [0.05, 0.1) is 18.2 Å². The number of hydrogen-bond acceptors (Lipinski definition) is 3. The number of fused-ring (bicyclic) bond motifs is 1. The molecule has 1 N–H and O–H groups in total. The molecule has 0 spiro atoms. The van der Waals surface area contributed by atoms with Crippen molar-refractivity contribution in [3.05, 3.63) is 65.6 Å². The Bertz CT molecular complexity index is 962. The minimum Gasteiger partial charge on any atom is -0.465 e. The van der Waals surface area contributed by atoms with Crippen LogP contribution < -0.4 is 5.32 Å². The van der Waals surface area contributed by atoms with Crippen LogP contribution in [0.3, 0.4) is 0 Å². The largest absolute Gasteiger partial charge is 0.465 e. The summed E-state index contributed by atoms with van der Waals surface area (Å²) < 4.78 is 20.2. The maximum absolute atomic E-state index is 13.7. The SMILES string of the molecule is CCn1cc(C(=O)Nc2ccc(F)c(C(=O)OC)c2)c2ccccc21. The first-order valence-electron chi connectivity index (χ1n) is 7.82. The minimum atomic E-state index is -0.795. The molecule has 0 aliphatic heterocycles. The molecule has 0 unspecified atom stereocenters. The van der Waals surface area contributed by atoms with Gasteiger partial charge in [-0.3, -0.25) is 4.79 Å². The monoisotopic (exact) mass is 340 g/mol. The van der Waals surface area contributed by atoms with E-state index in [9.17, 15) is 14.0 Å². The predicted molar refractivity (Wildman–Crippen MR) is 93.3 cm³/mol. The van der Waals surface area contributed by atoms with Gasteiger partial charge < -0.3 is 14.6 Å². The van der Waals surface area contributed by atoms with E-state index in [1.807, 2.05) is 35.8 Å². The number of esters is 1. The zero-order chi connectivity index (χ0) is 18.0. The standard InChI is InChI=1S/C19H17FN2O3/c1-3-22-11-15(13-6-4-5-7-17(13)22)18(23)21-12-8-9-16(20)14(10-12)19(24)25-2/h4-11H,3H2,1-2H3,(H,21,23). The van der Waals surface area contributed by atoms with Crippen molar-refractivity contribution in [3.8, 4) is 0 Å². The number of aryl methyl sites for hydroxylation is 1. The van der Waals surface area contributed by atoms with Crippen LogP contribution in [-0.4, -0.2) is 23.6 Å². The molecule has 0 atom stereocenters. The van der Waals surface area contributed by atoms with Gasteiger partial charge in [0.25, 0.3) is 5.91 Å². The van der Waals surface area contributed by atoms with Crippen molar-refractivity contribution in [3.63, 3.8) is 0 Å². The van der Waals surface area contributed by atoms with Crippen molar-refractivity contribution in [2.75, 3.05) is 12.4 Å². The number of carbonyl (C=O) groups is 2. The lowest BCUT2D eigenvalue weighted by Crippen LogP contribution is -2.13. The van der Waals surface area contributed by atoms with E-state index in [1.165, 1.54) is 19.2 Å². The topological polar surface area (TPSA) is 60.3 Å². The third kappa shape index (κ3) is 3.10. The number of amides is 1. The number of nitrogens with zero attached hydrogens (tertiary/aromatic N) is 1. The summed E-state index contributed by atoms with van der Waals surface area (Å²) in [6, 6.07) is 11.4. The lowest BCUT2D eigenvalue weighted by atomic mass is 10.1. The highest BCUT2D eigenvalue weighted by atomic mass is 19.1. The molecule has 6 heteroatoms. The summed E-state index contributed by atoms with van der Waals surface area (Å²) in [5, 5.41) is 3.54. The third-order valence-corrected chi connectivity index (χ3v) is 4.00. The fourth-order valence-electron chi connectivity index (χ4n) is 2.76. The van der Waals surface area contributed by atoms with Crippen LogP contribution in [0.15, 0.2) is 48.7 Å². The van der Waals surface area contributed by atoms with Gasteiger partial charge >= 0.3 is 5.97 Å². The molecule has 2 aromatic carbocycles. The molecule has 0 saturated heterocycles. The zero-order valence-corrected chi connectivity index (χ0v) is 13.9. The number of anilines is 1. The van der Waals surface area contributed by atoms with E-state index >= 15 is 0 Å². The molecule has 0 fully saturated rings. The average molecular weight is 340 g/mol. The second-order valence-corrected chi connectivity index (χ2v) is 5.49. The number of aromatic nitrogens is 1. The Hall–Kier alpha value is -3.15. The number of rotatable bonds is 4. The Morgan fingerprint density at radius 2 is 1.92 bits per heavy atom. The van der Waals surface area contributed by atoms with Crippen LogP contribution in [0.1, 0.15) is 27.6 Å². The summed E-state index contributed by atoms with van der Waals surface area (Å²) in [5.74, 6) is -1.82. The van der Waals surface area contributed by atoms with E-state index in [0.717, 1.165) is 23.5 Å². The van der Waals surface area contributed by atoms with E-state index in [2.05, 4.69) is 10.1 Å². The molecule has 3 aromatic rings. The Balaban J connectivity index is 1.95. The van der Waals surface area contributed by atoms with Crippen LogP contribution in [0.4, 0.5) is 10.1 Å². The average Bonchev–Trinajstić information content (AvgIpc) is 3.01. The Morgan fingerprint density at radius 3 is 2.64 bits per heavy atom. The van der Waals surface area contributed by atoms with Gasteiger partial charge in [0.15, 0.2) is 0 Å². The van der Waals surface area contributed by atoms with Crippen molar-refractivity contribution in [1.82, 2.24) is 4.57 Å². The van der Waals surface area contributed by atoms with Crippen molar-refractivity contribution in [2.45, 2.75) is 13.5 Å². The number of methoxy groups -OCH3 is 1.